The number of sulfonamides is 2. The minimum atomic E-state index is -3.81. The fourth-order valence-electron chi connectivity index (χ4n) is 3.52. The number of hydrogen-bond acceptors (Lipinski definition) is 6. The molecule has 0 N–H and O–H groups in total. The Morgan fingerprint density at radius 3 is 1.94 bits per heavy atom. The van der Waals surface area contributed by atoms with E-state index in [0.717, 1.165) is 4.68 Å². The maximum Gasteiger partial charge on any atom is 0.278 e. The molecule has 0 bridgehead atoms. The van der Waals surface area contributed by atoms with Crippen molar-refractivity contribution in [1.29, 1.82) is 0 Å². The Balaban J connectivity index is 2.56. The van der Waals surface area contributed by atoms with Gasteiger partial charge in [0.2, 0.25) is 20.0 Å². The number of rotatable bonds is 9. The Morgan fingerprint density at radius 1 is 0.903 bits per heavy atom. The first-order valence-corrected chi connectivity index (χ1v) is 13.1. The average Bonchev–Trinajstić information content (AvgIpc) is 3.03. The lowest BCUT2D eigenvalue weighted by atomic mass is 10.2. The molecule has 0 aliphatic rings. The summed E-state index contributed by atoms with van der Waals surface area (Å²) in [5, 5.41) is 4.16. The summed E-state index contributed by atoms with van der Waals surface area (Å²) in [4.78, 5) is 13.1. The molecule has 1 heterocycles. The van der Waals surface area contributed by atoms with Crippen molar-refractivity contribution in [1.82, 2.24) is 18.4 Å². The molecular weight excluding hydrogens is 440 g/mol. The molecule has 2 rings (SSSR count). The van der Waals surface area contributed by atoms with E-state index in [-0.39, 0.29) is 26.7 Å². The van der Waals surface area contributed by atoms with Crippen molar-refractivity contribution in [2.45, 2.75) is 51.3 Å². The maximum absolute atomic E-state index is 13.1. The molecule has 0 saturated heterocycles. The van der Waals surface area contributed by atoms with Gasteiger partial charge in [-0.2, -0.15) is 18.4 Å². The van der Waals surface area contributed by atoms with E-state index in [4.69, 9.17) is 0 Å². The first-order chi connectivity index (χ1) is 14.5. The molecule has 0 spiro atoms. The summed E-state index contributed by atoms with van der Waals surface area (Å²) < 4.78 is 55.3. The average molecular weight is 471 g/mol. The van der Waals surface area contributed by atoms with E-state index in [0.29, 0.717) is 26.2 Å². The zero-order chi connectivity index (χ0) is 23.6. The molecule has 0 atom stereocenters. The van der Waals surface area contributed by atoms with Gasteiger partial charge in [0.15, 0.2) is 0 Å². The van der Waals surface area contributed by atoms with Crippen LogP contribution in [-0.4, -0.2) is 67.3 Å². The molecule has 0 amide bonds. The second-order valence-electron chi connectivity index (χ2n) is 6.92. The summed E-state index contributed by atoms with van der Waals surface area (Å²) in [6.45, 7) is 11.2. The van der Waals surface area contributed by atoms with E-state index < -0.39 is 26.0 Å². The Hall–Kier alpha value is -2.08. The molecule has 11 heteroatoms. The van der Waals surface area contributed by atoms with Gasteiger partial charge in [-0.25, -0.2) is 16.8 Å². The zero-order valence-corrected chi connectivity index (χ0v) is 20.4. The molecule has 0 saturated carbocycles. The van der Waals surface area contributed by atoms with Crippen molar-refractivity contribution in [3.05, 3.63) is 41.2 Å². The minimum absolute atomic E-state index is 0.000401. The monoisotopic (exact) mass is 470 g/mol. The Bertz CT molecular complexity index is 1160. The van der Waals surface area contributed by atoms with Gasteiger partial charge < -0.3 is 0 Å². The van der Waals surface area contributed by atoms with E-state index in [9.17, 15) is 21.6 Å². The highest BCUT2D eigenvalue weighted by atomic mass is 32.2. The number of hydrogen-bond donors (Lipinski definition) is 0. The van der Waals surface area contributed by atoms with Crippen molar-refractivity contribution < 1.29 is 21.6 Å². The van der Waals surface area contributed by atoms with Crippen molar-refractivity contribution in [2.24, 2.45) is 0 Å². The van der Waals surface area contributed by atoms with Crippen LogP contribution in [0.5, 0.6) is 0 Å². The van der Waals surface area contributed by atoms with E-state index in [2.05, 4.69) is 5.10 Å². The number of aryl methyl sites for hydroxylation is 1. The molecule has 0 radical (unpaired) electrons. The number of nitrogens with zero attached hydrogens (tertiary/aromatic N) is 4. The molecule has 0 aliphatic carbocycles. The molecule has 1 aromatic heterocycles. The summed E-state index contributed by atoms with van der Waals surface area (Å²) >= 11 is 0. The molecule has 172 valence electrons. The molecule has 2 aromatic rings. The van der Waals surface area contributed by atoms with Crippen LogP contribution in [0, 0.1) is 13.8 Å². The van der Waals surface area contributed by atoms with Gasteiger partial charge in [0, 0.05) is 31.7 Å². The van der Waals surface area contributed by atoms with Crippen molar-refractivity contribution in [3.63, 3.8) is 0 Å². The highest BCUT2D eigenvalue weighted by Crippen LogP contribution is 2.25. The first-order valence-electron chi connectivity index (χ1n) is 10.2. The van der Waals surface area contributed by atoms with Crippen LogP contribution >= 0.6 is 0 Å². The van der Waals surface area contributed by atoms with Gasteiger partial charge in [0.05, 0.1) is 16.3 Å². The Labute approximate surface area is 184 Å². The van der Waals surface area contributed by atoms with Crippen LogP contribution in [0.1, 0.15) is 49.4 Å². The Morgan fingerprint density at radius 2 is 1.42 bits per heavy atom. The van der Waals surface area contributed by atoms with Gasteiger partial charge in [0.25, 0.3) is 5.91 Å². The molecule has 0 unspecified atom stereocenters. The smallest absolute Gasteiger partial charge is 0.267 e. The molecule has 31 heavy (non-hydrogen) atoms. The first kappa shape index (κ1) is 25.2. The number of carbonyl (C=O) groups excluding carboxylic acids is 1. The van der Waals surface area contributed by atoms with Gasteiger partial charge in [0.1, 0.15) is 4.90 Å². The summed E-state index contributed by atoms with van der Waals surface area (Å²) in [6.07, 6.45) is 0. The van der Waals surface area contributed by atoms with E-state index in [1.54, 1.807) is 27.7 Å². The summed E-state index contributed by atoms with van der Waals surface area (Å²) in [5.41, 5.74) is 0.502. The highest BCUT2D eigenvalue weighted by Gasteiger charge is 2.31. The third-order valence-electron chi connectivity index (χ3n) is 5.14. The lowest BCUT2D eigenvalue weighted by molar-refractivity contribution is 0.0942. The molecule has 0 aliphatic heterocycles. The van der Waals surface area contributed by atoms with Crippen LogP contribution in [0.3, 0.4) is 0 Å². The molecule has 1 aromatic carbocycles. The number of carbonyl (C=O) groups is 1. The fraction of sp³-hybridized carbons (Fsp3) is 0.500. The highest BCUT2D eigenvalue weighted by molar-refractivity contribution is 7.89. The van der Waals surface area contributed by atoms with Crippen LogP contribution in [0.25, 0.3) is 0 Å². The molecule has 9 nitrogen and oxygen atoms in total. The van der Waals surface area contributed by atoms with Crippen molar-refractivity contribution >= 4 is 26.0 Å². The summed E-state index contributed by atoms with van der Waals surface area (Å²) in [5.74, 6) is -0.599. The second-order valence-corrected chi connectivity index (χ2v) is 10.7. The largest absolute Gasteiger partial charge is 0.278 e. The minimum Gasteiger partial charge on any atom is -0.267 e. The number of benzene rings is 1. The lowest BCUT2D eigenvalue weighted by Crippen LogP contribution is -2.31. The summed E-state index contributed by atoms with van der Waals surface area (Å²) in [7, 11) is -7.56. The lowest BCUT2D eigenvalue weighted by Gasteiger charge is -2.19. The predicted molar refractivity (Wildman–Crippen MR) is 118 cm³/mol. The van der Waals surface area contributed by atoms with Crippen LogP contribution in [0.15, 0.2) is 34.1 Å². The van der Waals surface area contributed by atoms with Gasteiger partial charge in [-0.3, -0.25) is 4.79 Å². The molecule has 0 fully saturated rings. The predicted octanol–water partition coefficient (Wildman–Crippen LogP) is 2.25. The number of aromatic nitrogens is 2. The Kier molecular flexibility index (Phi) is 7.79. The quantitative estimate of drug-likeness (QED) is 0.556. The van der Waals surface area contributed by atoms with Gasteiger partial charge in [-0.05, 0) is 32.0 Å². The van der Waals surface area contributed by atoms with Gasteiger partial charge >= 0.3 is 0 Å². The maximum atomic E-state index is 13.1. The van der Waals surface area contributed by atoms with Gasteiger partial charge in [-0.1, -0.05) is 33.8 Å². The van der Waals surface area contributed by atoms with Crippen LogP contribution in [0.4, 0.5) is 0 Å². The van der Waals surface area contributed by atoms with Crippen LogP contribution < -0.4 is 0 Å². The third kappa shape index (κ3) is 4.59. The summed E-state index contributed by atoms with van der Waals surface area (Å²) in [6, 6.07) is 5.70. The standard InChI is InChI=1S/C20H30N4O5S2/c1-7-22(8-2)30(26,27)18-13-11-12-17(14-18)20(25)24-16(6)19(15(5)21-24)31(28,29)23(9-3)10-4/h11-14H,7-10H2,1-6H3. The van der Waals surface area contributed by atoms with Crippen molar-refractivity contribution in [2.75, 3.05) is 26.2 Å². The van der Waals surface area contributed by atoms with E-state index >= 15 is 0 Å². The van der Waals surface area contributed by atoms with Crippen LogP contribution in [-0.2, 0) is 20.0 Å². The van der Waals surface area contributed by atoms with Gasteiger partial charge in [-0.15, -0.1) is 0 Å². The normalized spacial score (nSPS) is 12.6. The van der Waals surface area contributed by atoms with E-state index in [1.807, 2.05) is 0 Å². The zero-order valence-electron chi connectivity index (χ0n) is 18.8. The second kappa shape index (κ2) is 9.60. The SMILES string of the molecule is CCN(CC)S(=O)(=O)c1cccc(C(=O)n2nc(C)c(S(=O)(=O)N(CC)CC)c2C)c1. The topological polar surface area (TPSA) is 110 Å². The van der Waals surface area contributed by atoms with Crippen molar-refractivity contribution in [3.8, 4) is 0 Å². The van der Waals surface area contributed by atoms with Crippen LogP contribution in [0.2, 0.25) is 0 Å². The molecular formula is C20H30N4O5S2. The third-order valence-corrected chi connectivity index (χ3v) is 9.49. The fourth-order valence-corrected chi connectivity index (χ4v) is 6.83. The van der Waals surface area contributed by atoms with E-state index in [1.165, 1.54) is 46.7 Å².